The van der Waals surface area contributed by atoms with Crippen molar-refractivity contribution in [2.24, 2.45) is 11.8 Å². The van der Waals surface area contributed by atoms with Crippen LogP contribution in [0.25, 0.3) is 0 Å². The molecule has 3 aliphatic carbocycles. The Hall–Kier alpha value is -1.08. The van der Waals surface area contributed by atoms with Crippen molar-refractivity contribution in [3.8, 4) is 0 Å². The maximum Gasteiger partial charge on any atom is 0.210 e. The van der Waals surface area contributed by atoms with Crippen LogP contribution in [0.2, 0.25) is 0 Å². The number of hydrogen-bond acceptors (Lipinski definition) is 27. The molecule has 8 fully saturated rings. The molecule has 0 aromatic heterocycles. The number of aliphatic hydroxyl groups is 16. The highest BCUT2D eigenvalue weighted by Crippen LogP contribution is 2.52. The minimum atomic E-state index is -1.86. The van der Waals surface area contributed by atoms with Crippen molar-refractivity contribution in [1.82, 2.24) is 10.6 Å². The van der Waals surface area contributed by atoms with E-state index >= 15 is 0 Å². The zero-order valence-electron chi connectivity index (χ0n) is 36.1. The summed E-state index contributed by atoms with van der Waals surface area (Å²) in [6.45, 7) is 2.04. The standard InChI is InChI=1S/C39H66N2O25/c1-9-18(46)21(49)17(30-38(9,7-44)65-30)41-33-11(3)59-37(35(57)64-33)62-28-12(5-42)4-13(19(47)23(28)51)60-32-25(53)22(50)16(31-39(32,8-45)66-31)40-15-10(2)58-36(27(55)20(15)48)63-29-14(6-43)61-34(56)26(54)24(29)52/h9-37,40-57H,4-8H2,1-3H3. The van der Waals surface area contributed by atoms with E-state index in [4.69, 9.17) is 42.6 Å². The molecule has 0 aromatic carbocycles. The van der Waals surface area contributed by atoms with Crippen molar-refractivity contribution >= 4 is 0 Å². The van der Waals surface area contributed by atoms with Gasteiger partial charge in [-0.2, -0.15) is 0 Å². The molecule has 0 radical (unpaired) electrons. The summed E-state index contributed by atoms with van der Waals surface area (Å²) < 4.78 is 51.8. The number of aliphatic hydroxyl groups excluding tert-OH is 16. The van der Waals surface area contributed by atoms with E-state index in [1.807, 2.05) is 0 Å². The monoisotopic (exact) mass is 962 g/mol. The van der Waals surface area contributed by atoms with Gasteiger partial charge in [0.2, 0.25) is 12.6 Å². The number of ether oxygens (including phenoxy) is 9. The fourth-order valence-electron chi connectivity index (χ4n) is 10.9. The summed E-state index contributed by atoms with van der Waals surface area (Å²) in [4.78, 5) is 0. The van der Waals surface area contributed by atoms with Gasteiger partial charge in [0.15, 0.2) is 12.6 Å². The third-order valence-corrected chi connectivity index (χ3v) is 15.1. The zero-order valence-corrected chi connectivity index (χ0v) is 36.1. The lowest BCUT2D eigenvalue weighted by Crippen LogP contribution is -2.71. The Morgan fingerprint density at radius 2 is 1.08 bits per heavy atom. The maximum absolute atomic E-state index is 11.5. The first-order valence-corrected chi connectivity index (χ1v) is 22.3. The molecule has 0 amide bonds. The highest BCUT2D eigenvalue weighted by Gasteiger charge is 2.74. The Morgan fingerprint density at radius 3 is 1.73 bits per heavy atom. The Kier molecular flexibility index (Phi) is 15.2. The summed E-state index contributed by atoms with van der Waals surface area (Å²) in [6, 6.07) is -3.39. The minimum Gasteiger partial charge on any atom is -0.396 e. The Balaban J connectivity index is 0.871. The molecule has 8 aliphatic rings. The van der Waals surface area contributed by atoms with Gasteiger partial charge in [0.05, 0.1) is 74.6 Å². The molecule has 5 heterocycles. The van der Waals surface area contributed by atoms with Crippen LogP contribution in [0.3, 0.4) is 0 Å². The van der Waals surface area contributed by atoms with Crippen LogP contribution in [0.1, 0.15) is 27.2 Å². The molecular formula is C39H66N2O25. The minimum absolute atomic E-state index is 0.239. The summed E-state index contributed by atoms with van der Waals surface area (Å²) in [5.41, 5.74) is -2.79. The van der Waals surface area contributed by atoms with Gasteiger partial charge < -0.3 is 130 Å². The third kappa shape index (κ3) is 8.66. The number of nitrogens with one attached hydrogen (secondary N) is 2. The molecule has 66 heavy (non-hydrogen) atoms. The van der Waals surface area contributed by atoms with Gasteiger partial charge >= 0.3 is 0 Å². The Bertz CT molecular complexity index is 1650. The van der Waals surface area contributed by atoms with E-state index in [2.05, 4.69) is 10.6 Å². The van der Waals surface area contributed by atoms with Crippen LogP contribution >= 0.6 is 0 Å². The van der Waals surface area contributed by atoms with Crippen LogP contribution in [0.5, 0.6) is 0 Å². The second-order valence-corrected chi connectivity index (χ2v) is 19.0. The molecule has 5 aliphatic heterocycles. The summed E-state index contributed by atoms with van der Waals surface area (Å²) in [7, 11) is 0. The molecule has 27 nitrogen and oxygen atoms in total. The van der Waals surface area contributed by atoms with Crippen LogP contribution in [0.15, 0.2) is 0 Å². The van der Waals surface area contributed by atoms with Crippen molar-refractivity contribution in [3.63, 3.8) is 0 Å². The molecular weight excluding hydrogens is 896 g/mol. The number of rotatable bonds is 14. The van der Waals surface area contributed by atoms with E-state index in [9.17, 15) is 81.7 Å². The van der Waals surface area contributed by atoms with Gasteiger partial charge in [-0.3, -0.25) is 5.32 Å². The van der Waals surface area contributed by atoms with E-state index in [1.165, 1.54) is 6.92 Å². The molecule has 0 aromatic rings. The quantitative estimate of drug-likeness (QED) is 0.0719. The smallest absolute Gasteiger partial charge is 0.210 e. The van der Waals surface area contributed by atoms with E-state index < -0.39 is 215 Å². The lowest BCUT2D eigenvalue weighted by Gasteiger charge is -2.49. The highest BCUT2D eigenvalue weighted by molar-refractivity contribution is 5.23. The number of hydrogen-bond donors (Lipinski definition) is 18. The number of fused-ring (bicyclic) bond motifs is 2. The largest absolute Gasteiger partial charge is 0.396 e. The predicted molar refractivity (Wildman–Crippen MR) is 207 cm³/mol. The lowest BCUT2D eigenvalue weighted by atomic mass is 9.74. The Labute approximate surface area is 376 Å². The average molecular weight is 963 g/mol. The summed E-state index contributed by atoms with van der Waals surface area (Å²) in [5, 5.41) is 177. The second kappa shape index (κ2) is 19.5. The van der Waals surface area contributed by atoms with Crippen molar-refractivity contribution in [2.45, 2.75) is 204 Å². The predicted octanol–water partition coefficient (Wildman–Crippen LogP) is -10.8. The van der Waals surface area contributed by atoms with Gasteiger partial charge in [-0.25, -0.2) is 0 Å². The maximum atomic E-state index is 11.5. The fourth-order valence-corrected chi connectivity index (χ4v) is 10.9. The molecule has 8 rings (SSSR count). The molecule has 0 bridgehead atoms. The van der Waals surface area contributed by atoms with Crippen molar-refractivity contribution in [3.05, 3.63) is 0 Å². The van der Waals surface area contributed by atoms with Crippen LogP contribution in [0.4, 0.5) is 0 Å². The van der Waals surface area contributed by atoms with Gasteiger partial charge in [-0.1, -0.05) is 6.92 Å². The van der Waals surface area contributed by atoms with Crippen molar-refractivity contribution in [2.75, 3.05) is 26.4 Å². The molecule has 5 saturated heterocycles. The molecule has 382 valence electrons. The normalized spacial score (nSPS) is 58.3. The molecule has 31 unspecified atom stereocenters. The average Bonchev–Trinajstić information content (AvgIpc) is 4.23. The van der Waals surface area contributed by atoms with E-state index in [-0.39, 0.29) is 6.42 Å². The van der Waals surface area contributed by atoms with Crippen molar-refractivity contribution in [1.29, 1.82) is 0 Å². The van der Waals surface area contributed by atoms with E-state index in [0.29, 0.717) is 0 Å². The van der Waals surface area contributed by atoms with Crippen LogP contribution in [-0.2, 0) is 42.6 Å². The first-order valence-electron chi connectivity index (χ1n) is 22.3. The topological polar surface area (TPSA) is 437 Å². The van der Waals surface area contributed by atoms with E-state index in [1.54, 1.807) is 13.8 Å². The molecule has 3 saturated carbocycles. The molecule has 27 heteroatoms. The van der Waals surface area contributed by atoms with Crippen LogP contribution in [-0.4, -0.2) is 285 Å². The third-order valence-electron chi connectivity index (χ3n) is 15.1. The Morgan fingerprint density at radius 1 is 0.500 bits per heavy atom. The second-order valence-electron chi connectivity index (χ2n) is 19.0. The molecule has 31 atom stereocenters. The SMILES string of the molecule is CC1OC(OC2C(CO)CC(OC3C(O)C(O)C(NC4C(C)OC(OC5C(CO)OC(O)C(O)C5O)C(O)C4O)C4OC34CO)C(O)C2O)C(O)OC1NC1C(O)C(O)C(C)C2(CO)OC12. The van der Waals surface area contributed by atoms with Gasteiger partial charge in [-0.05, 0) is 20.3 Å². The van der Waals surface area contributed by atoms with Gasteiger partial charge in [0.25, 0.3) is 0 Å². The van der Waals surface area contributed by atoms with Crippen LogP contribution < -0.4 is 10.6 Å². The zero-order chi connectivity index (χ0) is 48.1. The van der Waals surface area contributed by atoms with Gasteiger partial charge in [0.1, 0.15) is 96.8 Å². The lowest BCUT2D eigenvalue weighted by molar-refractivity contribution is -0.374. The highest BCUT2D eigenvalue weighted by atomic mass is 16.8. The number of epoxide rings is 2. The summed E-state index contributed by atoms with van der Waals surface area (Å²) >= 11 is 0. The fraction of sp³-hybridized carbons (Fsp3) is 1.00. The first-order chi connectivity index (χ1) is 31.2. The van der Waals surface area contributed by atoms with Crippen molar-refractivity contribution < 1.29 is 124 Å². The molecule has 0 spiro atoms. The van der Waals surface area contributed by atoms with Gasteiger partial charge in [-0.15, -0.1) is 0 Å². The van der Waals surface area contributed by atoms with E-state index in [0.717, 1.165) is 0 Å². The van der Waals surface area contributed by atoms with Gasteiger partial charge in [0, 0.05) is 18.4 Å². The van der Waals surface area contributed by atoms with Crippen LogP contribution in [0, 0.1) is 11.8 Å². The first kappa shape index (κ1) is 51.3. The summed E-state index contributed by atoms with van der Waals surface area (Å²) in [6.07, 6.45) is -36.2. The molecule has 18 N–H and O–H groups in total. The summed E-state index contributed by atoms with van der Waals surface area (Å²) in [5.74, 6) is -1.59.